The quantitative estimate of drug-likeness (QED) is 0.583. The molecule has 0 aliphatic carbocycles. The highest BCUT2D eigenvalue weighted by molar-refractivity contribution is 7.21. The molecule has 1 aromatic carbocycles. The number of halogens is 2. The first-order valence-electron chi connectivity index (χ1n) is 7.03. The Labute approximate surface area is 157 Å². The number of thiazole rings is 1. The molecule has 0 fully saturated rings. The summed E-state index contributed by atoms with van der Waals surface area (Å²) in [6, 6.07) is 8.67. The predicted molar refractivity (Wildman–Crippen MR) is 102 cm³/mol. The molecule has 2 heterocycles. The third-order valence-electron chi connectivity index (χ3n) is 3.21. The van der Waals surface area contributed by atoms with E-state index in [2.05, 4.69) is 15.6 Å². The van der Waals surface area contributed by atoms with Gasteiger partial charge in [-0.3, -0.25) is 0 Å². The Hall–Kier alpha value is -1.60. The number of aryl methyl sites for hydroxylation is 1. The molecule has 0 spiro atoms. The molecule has 8 heteroatoms. The lowest BCUT2D eigenvalue weighted by molar-refractivity contribution is 0.252. The summed E-state index contributed by atoms with van der Waals surface area (Å²) in [6.07, 6.45) is 0. The van der Waals surface area contributed by atoms with Gasteiger partial charge in [0.1, 0.15) is 5.01 Å². The second kappa shape index (κ2) is 7.53. The molecule has 0 saturated heterocycles. The maximum absolute atomic E-state index is 12.0. The highest BCUT2D eigenvalue weighted by Gasteiger charge is 2.11. The minimum atomic E-state index is -0.307. The van der Waals surface area contributed by atoms with Crippen LogP contribution in [0.25, 0.3) is 9.88 Å². The van der Waals surface area contributed by atoms with Crippen LogP contribution in [0, 0.1) is 6.92 Å². The van der Waals surface area contributed by atoms with Gasteiger partial charge < -0.3 is 10.6 Å². The number of amides is 2. The number of benzene rings is 1. The number of carbonyl (C=O) groups excluding carboxylic acids is 1. The average Bonchev–Trinajstić information content (AvgIpc) is 3.18. The van der Waals surface area contributed by atoms with Crippen LogP contribution >= 0.6 is 45.9 Å². The molecule has 4 nitrogen and oxygen atoms in total. The zero-order chi connectivity index (χ0) is 17.1. The highest BCUT2D eigenvalue weighted by Crippen LogP contribution is 2.31. The minimum Gasteiger partial charge on any atom is -0.333 e. The van der Waals surface area contributed by atoms with Gasteiger partial charge in [-0.15, -0.1) is 22.7 Å². The van der Waals surface area contributed by atoms with Crippen molar-refractivity contribution in [1.29, 1.82) is 0 Å². The summed E-state index contributed by atoms with van der Waals surface area (Å²) in [7, 11) is 0. The summed E-state index contributed by atoms with van der Waals surface area (Å²) in [5.41, 5.74) is 1.51. The van der Waals surface area contributed by atoms with E-state index in [-0.39, 0.29) is 6.03 Å². The molecule has 2 N–H and O–H groups in total. The Balaban J connectivity index is 1.61. The van der Waals surface area contributed by atoms with Crippen molar-refractivity contribution in [1.82, 2.24) is 10.3 Å². The first-order valence-corrected chi connectivity index (χ1v) is 9.48. The number of nitrogens with zero attached hydrogens (tertiary/aromatic N) is 1. The maximum Gasteiger partial charge on any atom is 0.319 e. The number of hydrogen-bond donors (Lipinski definition) is 2. The van der Waals surface area contributed by atoms with Crippen LogP contribution in [0.15, 0.2) is 35.7 Å². The fourth-order valence-corrected chi connectivity index (χ4v) is 4.10. The highest BCUT2D eigenvalue weighted by atomic mass is 35.5. The van der Waals surface area contributed by atoms with Crippen molar-refractivity contribution in [2.24, 2.45) is 0 Å². The molecule has 0 radical (unpaired) electrons. The molecule has 0 unspecified atom stereocenters. The van der Waals surface area contributed by atoms with Crippen LogP contribution < -0.4 is 10.6 Å². The zero-order valence-electron chi connectivity index (χ0n) is 12.6. The molecule has 2 amide bonds. The molecular weight excluding hydrogens is 385 g/mol. The van der Waals surface area contributed by atoms with E-state index in [9.17, 15) is 4.79 Å². The largest absolute Gasteiger partial charge is 0.333 e. The van der Waals surface area contributed by atoms with Gasteiger partial charge in [0.15, 0.2) is 0 Å². The number of carbonyl (C=O) groups is 1. The topological polar surface area (TPSA) is 54.0 Å². The number of nitrogens with one attached hydrogen (secondary N) is 2. The van der Waals surface area contributed by atoms with Crippen molar-refractivity contribution < 1.29 is 4.79 Å². The molecule has 0 saturated carbocycles. The Bertz CT molecular complexity index is 862. The summed E-state index contributed by atoms with van der Waals surface area (Å²) in [6.45, 7) is 2.36. The van der Waals surface area contributed by atoms with Crippen LogP contribution in [0.3, 0.4) is 0 Å². The molecule has 3 rings (SSSR count). The lowest BCUT2D eigenvalue weighted by Crippen LogP contribution is -2.28. The van der Waals surface area contributed by atoms with E-state index >= 15 is 0 Å². The average molecular weight is 398 g/mol. The van der Waals surface area contributed by atoms with Crippen LogP contribution in [0.1, 0.15) is 10.6 Å². The van der Waals surface area contributed by atoms with Crippen molar-refractivity contribution in [3.8, 4) is 9.88 Å². The van der Waals surface area contributed by atoms with Crippen molar-refractivity contribution in [2.75, 3.05) is 5.32 Å². The Morgan fingerprint density at radius 1 is 1.25 bits per heavy atom. The number of aromatic nitrogens is 1. The standard InChI is InChI=1S/C16H13Cl2N3OS2/c1-9-14(24-15(20-9)13-3-2-6-23-13)8-19-16(22)21-10-4-5-11(17)12(18)7-10/h2-7H,8H2,1H3,(H2,19,21,22). The summed E-state index contributed by atoms with van der Waals surface area (Å²) < 4.78 is 0. The van der Waals surface area contributed by atoms with Gasteiger partial charge in [-0.2, -0.15) is 0 Å². The molecular formula is C16H13Cl2N3OS2. The molecule has 24 heavy (non-hydrogen) atoms. The van der Waals surface area contributed by atoms with Gasteiger partial charge in [0.05, 0.1) is 27.2 Å². The van der Waals surface area contributed by atoms with Crippen molar-refractivity contribution in [3.05, 3.63) is 56.3 Å². The molecule has 0 atom stereocenters. The van der Waals surface area contributed by atoms with Gasteiger partial charge in [0.2, 0.25) is 0 Å². The lowest BCUT2D eigenvalue weighted by Gasteiger charge is -2.07. The summed E-state index contributed by atoms with van der Waals surface area (Å²) in [5.74, 6) is 0. The van der Waals surface area contributed by atoms with E-state index in [0.717, 1.165) is 20.5 Å². The third kappa shape index (κ3) is 4.08. The van der Waals surface area contributed by atoms with Gasteiger partial charge in [0, 0.05) is 10.6 Å². The van der Waals surface area contributed by atoms with E-state index < -0.39 is 0 Å². The minimum absolute atomic E-state index is 0.307. The molecule has 0 bridgehead atoms. The normalized spacial score (nSPS) is 10.6. The summed E-state index contributed by atoms with van der Waals surface area (Å²) in [4.78, 5) is 18.7. The van der Waals surface area contributed by atoms with Crippen molar-refractivity contribution in [2.45, 2.75) is 13.5 Å². The van der Waals surface area contributed by atoms with E-state index in [1.165, 1.54) is 0 Å². The second-order valence-corrected chi connectivity index (χ2v) is 7.79. The smallest absolute Gasteiger partial charge is 0.319 e. The van der Waals surface area contributed by atoms with E-state index in [1.54, 1.807) is 40.9 Å². The molecule has 2 aromatic heterocycles. The van der Waals surface area contributed by atoms with Gasteiger partial charge in [0.25, 0.3) is 0 Å². The third-order valence-corrected chi connectivity index (χ3v) is 6.15. The van der Waals surface area contributed by atoms with Crippen LogP contribution in [-0.2, 0) is 6.54 Å². The molecule has 124 valence electrons. The molecule has 0 aliphatic rings. The first-order chi connectivity index (χ1) is 11.5. The lowest BCUT2D eigenvalue weighted by atomic mass is 10.3. The Kier molecular flexibility index (Phi) is 5.40. The fraction of sp³-hybridized carbons (Fsp3) is 0.125. The SMILES string of the molecule is Cc1nc(-c2cccs2)sc1CNC(=O)Nc1ccc(Cl)c(Cl)c1. The zero-order valence-corrected chi connectivity index (χ0v) is 15.7. The summed E-state index contributed by atoms with van der Waals surface area (Å²) in [5, 5.41) is 9.40. The second-order valence-electron chi connectivity index (χ2n) is 4.94. The monoisotopic (exact) mass is 397 g/mol. The maximum atomic E-state index is 12.0. The van der Waals surface area contributed by atoms with Gasteiger partial charge >= 0.3 is 6.03 Å². The predicted octanol–water partition coefficient (Wildman–Crippen LogP) is 5.81. The van der Waals surface area contributed by atoms with Crippen LogP contribution in [0.4, 0.5) is 10.5 Å². The number of hydrogen-bond acceptors (Lipinski definition) is 4. The van der Waals surface area contributed by atoms with Crippen molar-refractivity contribution >= 4 is 57.6 Å². The Morgan fingerprint density at radius 3 is 2.79 bits per heavy atom. The van der Waals surface area contributed by atoms with E-state index in [1.807, 2.05) is 24.4 Å². The van der Waals surface area contributed by atoms with E-state index in [0.29, 0.717) is 22.3 Å². The van der Waals surface area contributed by atoms with Gasteiger partial charge in [-0.05, 0) is 36.6 Å². The number of anilines is 1. The number of rotatable bonds is 4. The van der Waals surface area contributed by atoms with Gasteiger partial charge in [-0.1, -0.05) is 29.3 Å². The van der Waals surface area contributed by atoms with Gasteiger partial charge in [-0.25, -0.2) is 9.78 Å². The Morgan fingerprint density at radius 2 is 2.08 bits per heavy atom. The molecule has 0 aliphatic heterocycles. The van der Waals surface area contributed by atoms with Crippen molar-refractivity contribution in [3.63, 3.8) is 0 Å². The van der Waals surface area contributed by atoms with Crippen LogP contribution in [-0.4, -0.2) is 11.0 Å². The molecule has 3 aromatic rings. The summed E-state index contributed by atoms with van der Waals surface area (Å²) >= 11 is 15.0. The van der Waals surface area contributed by atoms with Crippen LogP contribution in [0.2, 0.25) is 10.0 Å². The van der Waals surface area contributed by atoms with Crippen LogP contribution in [0.5, 0.6) is 0 Å². The number of urea groups is 1. The van der Waals surface area contributed by atoms with E-state index in [4.69, 9.17) is 23.2 Å². The number of thiophene rings is 1. The first kappa shape index (κ1) is 17.2. The fourth-order valence-electron chi connectivity index (χ4n) is 2.01.